The Morgan fingerprint density at radius 3 is 2.62 bits per heavy atom. The molecule has 0 aliphatic carbocycles. The molecule has 2 aliphatic heterocycles. The summed E-state index contributed by atoms with van der Waals surface area (Å²) in [6.45, 7) is 2.76. The highest BCUT2D eigenvalue weighted by Gasteiger charge is 2.40. The van der Waals surface area contributed by atoms with Crippen LogP contribution < -0.4 is 5.32 Å². The summed E-state index contributed by atoms with van der Waals surface area (Å²) in [6, 6.07) is 7.89. The lowest BCUT2D eigenvalue weighted by Crippen LogP contribution is -2.55. The molecule has 2 unspecified atom stereocenters. The van der Waals surface area contributed by atoms with Gasteiger partial charge >= 0.3 is 0 Å². The number of rotatable bonds is 5. The fourth-order valence-corrected chi connectivity index (χ4v) is 5.77. The zero-order valence-electron chi connectivity index (χ0n) is 15.4. The first-order valence-corrected chi connectivity index (χ1v) is 11.0. The SMILES string of the molecule is CNCC1CCCN(C(=O)C2CCCCN2S(=O)(=O)c2ccccc2)C1. The molecule has 6 nitrogen and oxygen atoms in total. The number of hydrogen-bond acceptors (Lipinski definition) is 4. The maximum atomic E-state index is 13.2. The summed E-state index contributed by atoms with van der Waals surface area (Å²) in [4.78, 5) is 15.3. The molecule has 1 aromatic rings. The fourth-order valence-electron chi connectivity index (χ4n) is 4.10. The Bertz CT molecular complexity index is 706. The lowest BCUT2D eigenvalue weighted by Gasteiger charge is -2.39. The highest BCUT2D eigenvalue weighted by atomic mass is 32.2. The molecular formula is C19H29N3O3S. The van der Waals surface area contributed by atoms with Gasteiger partial charge in [0.1, 0.15) is 6.04 Å². The van der Waals surface area contributed by atoms with Gasteiger partial charge < -0.3 is 10.2 Å². The van der Waals surface area contributed by atoms with E-state index in [4.69, 9.17) is 0 Å². The minimum atomic E-state index is -3.65. The lowest BCUT2D eigenvalue weighted by molar-refractivity contribution is -0.138. The lowest BCUT2D eigenvalue weighted by atomic mass is 9.96. The van der Waals surface area contributed by atoms with Crippen molar-refractivity contribution in [3.05, 3.63) is 30.3 Å². The first-order chi connectivity index (χ1) is 12.5. The van der Waals surface area contributed by atoms with E-state index < -0.39 is 16.1 Å². The number of sulfonamides is 1. The van der Waals surface area contributed by atoms with E-state index in [0.29, 0.717) is 18.9 Å². The molecule has 1 amide bonds. The highest BCUT2D eigenvalue weighted by molar-refractivity contribution is 7.89. The van der Waals surface area contributed by atoms with Gasteiger partial charge in [-0.05, 0) is 57.3 Å². The van der Waals surface area contributed by atoms with E-state index in [1.54, 1.807) is 30.3 Å². The summed E-state index contributed by atoms with van der Waals surface area (Å²) in [5.74, 6) is 0.422. The van der Waals surface area contributed by atoms with Gasteiger partial charge in [0.15, 0.2) is 0 Å². The third kappa shape index (κ3) is 4.10. The van der Waals surface area contributed by atoms with Gasteiger partial charge in [-0.25, -0.2) is 8.42 Å². The van der Waals surface area contributed by atoms with Crippen LogP contribution in [0.25, 0.3) is 0 Å². The van der Waals surface area contributed by atoms with Gasteiger partial charge in [-0.15, -0.1) is 0 Å². The first kappa shape index (κ1) is 19.3. The van der Waals surface area contributed by atoms with E-state index >= 15 is 0 Å². The van der Waals surface area contributed by atoms with E-state index in [1.165, 1.54) is 4.31 Å². The van der Waals surface area contributed by atoms with Gasteiger partial charge in [0.05, 0.1) is 4.90 Å². The number of benzene rings is 1. The molecule has 0 radical (unpaired) electrons. The largest absolute Gasteiger partial charge is 0.341 e. The smallest absolute Gasteiger partial charge is 0.243 e. The molecule has 144 valence electrons. The molecule has 0 bridgehead atoms. The summed E-state index contributed by atoms with van der Waals surface area (Å²) < 4.78 is 27.6. The number of nitrogens with one attached hydrogen (secondary N) is 1. The van der Waals surface area contributed by atoms with Crippen LogP contribution in [-0.2, 0) is 14.8 Å². The summed E-state index contributed by atoms with van der Waals surface area (Å²) in [5.41, 5.74) is 0. The number of nitrogens with zero attached hydrogens (tertiary/aromatic N) is 2. The molecule has 3 rings (SSSR count). The summed E-state index contributed by atoms with van der Waals surface area (Å²) in [7, 11) is -1.72. The predicted octanol–water partition coefficient (Wildman–Crippen LogP) is 1.69. The quantitative estimate of drug-likeness (QED) is 0.845. The van der Waals surface area contributed by atoms with Crippen LogP contribution in [0.3, 0.4) is 0 Å². The monoisotopic (exact) mass is 379 g/mol. The van der Waals surface area contributed by atoms with Crippen molar-refractivity contribution in [3.63, 3.8) is 0 Å². The molecular weight excluding hydrogens is 350 g/mol. The number of likely N-dealkylation sites (tertiary alicyclic amines) is 1. The van der Waals surface area contributed by atoms with Crippen LogP contribution in [0, 0.1) is 5.92 Å². The molecule has 0 spiro atoms. The van der Waals surface area contributed by atoms with Crippen molar-refractivity contribution >= 4 is 15.9 Å². The minimum Gasteiger partial charge on any atom is -0.341 e. The summed E-state index contributed by atoms with van der Waals surface area (Å²) >= 11 is 0. The topological polar surface area (TPSA) is 69.7 Å². The van der Waals surface area contributed by atoms with Gasteiger partial charge in [0.2, 0.25) is 15.9 Å². The Balaban J connectivity index is 1.79. The molecule has 2 heterocycles. The molecule has 0 aromatic heterocycles. The summed E-state index contributed by atoms with van der Waals surface area (Å²) in [5, 5.41) is 3.19. The maximum absolute atomic E-state index is 13.2. The molecule has 7 heteroatoms. The Labute approximate surface area is 156 Å². The number of carbonyl (C=O) groups is 1. The first-order valence-electron chi connectivity index (χ1n) is 9.54. The predicted molar refractivity (Wildman–Crippen MR) is 101 cm³/mol. The van der Waals surface area contributed by atoms with Gasteiger partial charge in [0.25, 0.3) is 0 Å². The van der Waals surface area contributed by atoms with E-state index in [2.05, 4.69) is 5.32 Å². The molecule has 2 saturated heterocycles. The normalized spacial score (nSPS) is 25.2. The molecule has 26 heavy (non-hydrogen) atoms. The second-order valence-electron chi connectivity index (χ2n) is 7.29. The van der Waals surface area contributed by atoms with Crippen LogP contribution in [0.15, 0.2) is 35.2 Å². The fraction of sp³-hybridized carbons (Fsp3) is 0.632. The average molecular weight is 380 g/mol. The van der Waals surface area contributed by atoms with E-state index in [0.717, 1.165) is 45.3 Å². The standard InChI is InChI=1S/C19H29N3O3S/c1-20-14-16-8-7-12-21(15-16)19(23)18-11-5-6-13-22(18)26(24,25)17-9-3-2-4-10-17/h2-4,9-10,16,18,20H,5-8,11-15H2,1H3. The van der Waals surface area contributed by atoms with Crippen molar-refractivity contribution in [2.45, 2.75) is 43.0 Å². The molecule has 0 saturated carbocycles. The van der Waals surface area contributed by atoms with Crippen LogP contribution in [0.2, 0.25) is 0 Å². The third-order valence-corrected chi connectivity index (χ3v) is 7.33. The summed E-state index contributed by atoms with van der Waals surface area (Å²) in [6.07, 6.45) is 4.40. The van der Waals surface area contributed by atoms with Crippen molar-refractivity contribution in [3.8, 4) is 0 Å². The van der Waals surface area contributed by atoms with Crippen LogP contribution in [0.4, 0.5) is 0 Å². The van der Waals surface area contributed by atoms with E-state index in [1.807, 2.05) is 11.9 Å². The van der Waals surface area contributed by atoms with Crippen molar-refractivity contribution < 1.29 is 13.2 Å². The van der Waals surface area contributed by atoms with Crippen LogP contribution in [0.5, 0.6) is 0 Å². The number of carbonyl (C=O) groups excluding carboxylic acids is 1. The van der Waals surface area contributed by atoms with Crippen molar-refractivity contribution in [1.29, 1.82) is 0 Å². The zero-order valence-corrected chi connectivity index (χ0v) is 16.2. The Hall–Kier alpha value is -1.44. The van der Waals surface area contributed by atoms with Gasteiger partial charge in [-0.3, -0.25) is 4.79 Å². The molecule has 2 fully saturated rings. The minimum absolute atomic E-state index is 0.0231. The zero-order chi connectivity index (χ0) is 18.6. The van der Waals surface area contributed by atoms with Crippen molar-refractivity contribution in [1.82, 2.24) is 14.5 Å². The van der Waals surface area contributed by atoms with Crippen LogP contribution >= 0.6 is 0 Å². The number of amides is 1. The van der Waals surface area contributed by atoms with E-state index in [9.17, 15) is 13.2 Å². The van der Waals surface area contributed by atoms with Crippen LogP contribution in [0.1, 0.15) is 32.1 Å². The van der Waals surface area contributed by atoms with Crippen molar-refractivity contribution in [2.75, 3.05) is 33.2 Å². The van der Waals surface area contributed by atoms with E-state index in [-0.39, 0.29) is 10.8 Å². The second kappa shape index (κ2) is 8.50. The molecule has 2 atom stereocenters. The third-order valence-electron chi connectivity index (χ3n) is 5.41. The number of piperidine rings is 2. The highest BCUT2D eigenvalue weighted by Crippen LogP contribution is 2.28. The Morgan fingerprint density at radius 2 is 1.88 bits per heavy atom. The average Bonchev–Trinajstić information content (AvgIpc) is 2.68. The molecule has 1 N–H and O–H groups in total. The second-order valence-corrected chi connectivity index (χ2v) is 9.18. The molecule has 1 aromatic carbocycles. The Morgan fingerprint density at radius 1 is 1.12 bits per heavy atom. The molecule has 2 aliphatic rings. The van der Waals surface area contributed by atoms with Gasteiger partial charge in [-0.1, -0.05) is 24.6 Å². The Kier molecular flexibility index (Phi) is 6.32. The van der Waals surface area contributed by atoms with Gasteiger partial charge in [0, 0.05) is 19.6 Å². The maximum Gasteiger partial charge on any atom is 0.243 e. The van der Waals surface area contributed by atoms with Crippen LogP contribution in [-0.4, -0.2) is 62.8 Å². The number of hydrogen-bond donors (Lipinski definition) is 1. The van der Waals surface area contributed by atoms with Crippen molar-refractivity contribution in [2.24, 2.45) is 5.92 Å². The van der Waals surface area contributed by atoms with Gasteiger partial charge in [-0.2, -0.15) is 4.31 Å².